The molecule has 49 heavy (non-hydrogen) atoms. The van der Waals surface area contributed by atoms with Crippen LogP contribution in [0.4, 0.5) is 35.3 Å². The minimum Gasteiger partial charge on any atom is -0.444 e. The average Bonchev–Trinajstić information content (AvgIpc) is 3.48. The number of hydrogen-bond donors (Lipinski definition) is 1. The number of fused-ring (bicyclic) bond motifs is 1. The molecule has 17 heteroatoms. The number of aromatic nitrogens is 4. The van der Waals surface area contributed by atoms with Crippen LogP contribution in [-0.2, 0) is 33.4 Å². The summed E-state index contributed by atoms with van der Waals surface area (Å²) in [4.78, 5) is 50.9. The number of amides is 2. The molecule has 0 spiro atoms. The van der Waals surface area contributed by atoms with E-state index >= 15 is 0 Å². The Balaban J connectivity index is 1.52. The average molecular weight is 711 g/mol. The lowest BCUT2D eigenvalue weighted by Gasteiger charge is -2.41. The molecule has 1 N–H and O–H groups in total. The van der Waals surface area contributed by atoms with Gasteiger partial charge in [-0.25, -0.2) is 4.79 Å². The van der Waals surface area contributed by atoms with E-state index in [9.17, 15) is 27.6 Å². The van der Waals surface area contributed by atoms with Crippen LogP contribution in [0.1, 0.15) is 58.7 Å². The second kappa shape index (κ2) is 14.1. The van der Waals surface area contributed by atoms with Crippen molar-refractivity contribution in [3.8, 4) is 0 Å². The van der Waals surface area contributed by atoms with Gasteiger partial charge >= 0.3 is 12.3 Å². The van der Waals surface area contributed by atoms with Crippen molar-refractivity contribution < 1.29 is 32.2 Å². The number of carbonyl (C=O) groups is 2. The number of alkyl halides is 3. The normalized spacial score (nSPS) is 17.9. The van der Waals surface area contributed by atoms with Crippen LogP contribution in [0.5, 0.6) is 0 Å². The molecule has 0 radical (unpaired) electrons. The number of methoxy groups -OCH3 is 1. The largest absolute Gasteiger partial charge is 0.444 e. The topological polar surface area (TPSA) is 127 Å². The second-order valence-electron chi connectivity index (χ2n) is 13.3. The minimum absolute atomic E-state index is 0.00487. The second-order valence-corrected chi connectivity index (χ2v) is 13.7. The maximum atomic E-state index is 14.3. The molecular weight excluding hydrogens is 669 g/mol. The fraction of sp³-hybridized carbons (Fsp3) is 0.594. The molecule has 13 nitrogen and oxygen atoms in total. The molecule has 2 aliphatic heterocycles. The predicted molar refractivity (Wildman–Crippen MR) is 179 cm³/mol. The molecule has 2 aliphatic rings. The number of nitrogens with one attached hydrogen (secondary N) is 1. The Labute approximate surface area is 286 Å². The third kappa shape index (κ3) is 7.90. The first-order valence-corrected chi connectivity index (χ1v) is 16.6. The fourth-order valence-corrected chi connectivity index (χ4v) is 6.45. The van der Waals surface area contributed by atoms with Crippen LogP contribution in [-0.4, -0.2) is 93.6 Å². The number of piperidine rings is 1. The van der Waals surface area contributed by atoms with Gasteiger partial charge in [-0.2, -0.15) is 22.7 Å². The molecular formula is C32H42ClF3N8O5. The highest BCUT2D eigenvalue weighted by atomic mass is 35.5. The number of rotatable bonds is 7. The highest BCUT2D eigenvalue weighted by Gasteiger charge is 2.35. The van der Waals surface area contributed by atoms with Crippen molar-refractivity contribution in [2.75, 3.05) is 55.0 Å². The van der Waals surface area contributed by atoms with Crippen molar-refractivity contribution >= 4 is 46.7 Å². The van der Waals surface area contributed by atoms with Gasteiger partial charge in [-0.05, 0) is 65.2 Å². The SMILES string of the molecule is CCc1c(N2CCN(C(=O)OC(C)(C)C)[C@H](C)C2)c(=O)n2nc(N3CCC(OC)CC3)nc2n1CC(=O)Nc1ccc(C(F)(F)F)cc1Cl. The van der Waals surface area contributed by atoms with Gasteiger partial charge in [0.15, 0.2) is 0 Å². The van der Waals surface area contributed by atoms with Crippen molar-refractivity contribution in [2.45, 2.75) is 84.3 Å². The van der Waals surface area contributed by atoms with E-state index < -0.39 is 34.9 Å². The summed E-state index contributed by atoms with van der Waals surface area (Å²) >= 11 is 6.13. The van der Waals surface area contributed by atoms with Gasteiger partial charge in [0.25, 0.3) is 5.56 Å². The first-order valence-electron chi connectivity index (χ1n) is 16.2. The molecule has 0 unspecified atom stereocenters. The highest BCUT2D eigenvalue weighted by molar-refractivity contribution is 6.33. The van der Waals surface area contributed by atoms with Crippen LogP contribution < -0.4 is 20.7 Å². The highest BCUT2D eigenvalue weighted by Crippen LogP contribution is 2.34. The Morgan fingerprint density at radius 2 is 1.78 bits per heavy atom. The van der Waals surface area contributed by atoms with Gasteiger partial charge in [0.05, 0.1) is 28.1 Å². The maximum Gasteiger partial charge on any atom is 0.416 e. The number of halogens is 4. The number of benzene rings is 1. The zero-order valence-electron chi connectivity index (χ0n) is 28.4. The zero-order chi connectivity index (χ0) is 35.8. The standard InChI is InChI=1S/C32H42ClF3N8O5/c1-7-24-26(41-14-15-42(19(2)17-41)30(47)49-31(3,4)5)27(46)44-29(38-28(39-44)40-12-10-21(48-6)11-13-40)43(24)18-25(45)37-23-9-8-20(16-22(23)33)32(34,35)36/h8-9,16,19,21H,7,10-15,17-18H2,1-6H3,(H,37,45)/t19-/m1/s1. The lowest BCUT2D eigenvalue weighted by atomic mass is 10.1. The van der Waals surface area contributed by atoms with E-state index in [2.05, 4.69) is 10.4 Å². The molecule has 5 rings (SSSR count). The molecule has 2 saturated heterocycles. The van der Waals surface area contributed by atoms with Crippen LogP contribution in [0.2, 0.25) is 5.02 Å². The van der Waals surface area contributed by atoms with E-state index in [-0.39, 0.29) is 35.2 Å². The summed E-state index contributed by atoms with van der Waals surface area (Å²) in [6.07, 6.45) is -3.11. The van der Waals surface area contributed by atoms with E-state index in [0.29, 0.717) is 56.5 Å². The Kier molecular flexibility index (Phi) is 10.4. The van der Waals surface area contributed by atoms with Crippen molar-refractivity contribution in [2.24, 2.45) is 0 Å². The fourth-order valence-electron chi connectivity index (χ4n) is 6.22. The molecule has 0 bridgehead atoms. The number of piperazine rings is 1. The predicted octanol–water partition coefficient (Wildman–Crippen LogP) is 4.83. The molecule has 0 aliphatic carbocycles. The van der Waals surface area contributed by atoms with Gasteiger partial charge in [0, 0.05) is 45.9 Å². The van der Waals surface area contributed by atoms with E-state index in [1.807, 2.05) is 23.6 Å². The molecule has 2 fully saturated rings. The van der Waals surface area contributed by atoms with E-state index in [1.54, 1.807) is 37.3 Å². The summed E-state index contributed by atoms with van der Waals surface area (Å²) in [5.74, 6) is -0.126. The lowest BCUT2D eigenvalue weighted by Crippen LogP contribution is -2.56. The number of ether oxygens (including phenoxy) is 2. The van der Waals surface area contributed by atoms with Crippen LogP contribution in [0.3, 0.4) is 0 Å². The molecule has 2 amide bonds. The summed E-state index contributed by atoms with van der Waals surface area (Å²) in [6, 6.07) is 2.38. The summed E-state index contributed by atoms with van der Waals surface area (Å²) in [6.45, 7) is 10.9. The van der Waals surface area contributed by atoms with Crippen molar-refractivity contribution in [1.29, 1.82) is 0 Å². The molecule has 3 aromatic rings. The van der Waals surface area contributed by atoms with Gasteiger partial charge in [-0.3, -0.25) is 9.59 Å². The van der Waals surface area contributed by atoms with Gasteiger partial charge in [0.2, 0.25) is 17.6 Å². The summed E-state index contributed by atoms with van der Waals surface area (Å²) in [5, 5.41) is 6.93. The molecule has 2 aromatic heterocycles. The van der Waals surface area contributed by atoms with E-state index in [1.165, 1.54) is 4.52 Å². The molecule has 268 valence electrons. The van der Waals surface area contributed by atoms with Crippen LogP contribution in [0.15, 0.2) is 23.0 Å². The van der Waals surface area contributed by atoms with Gasteiger partial charge < -0.3 is 34.1 Å². The number of nitrogens with zero attached hydrogens (tertiary/aromatic N) is 7. The molecule has 0 saturated carbocycles. The Bertz CT molecular complexity index is 1760. The van der Waals surface area contributed by atoms with Crippen molar-refractivity contribution in [1.82, 2.24) is 24.1 Å². The monoisotopic (exact) mass is 710 g/mol. The third-order valence-corrected chi connectivity index (χ3v) is 8.96. The maximum absolute atomic E-state index is 14.3. The quantitative estimate of drug-likeness (QED) is 0.367. The van der Waals surface area contributed by atoms with Gasteiger partial charge in [0.1, 0.15) is 17.8 Å². The summed E-state index contributed by atoms with van der Waals surface area (Å²) in [5.41, 5.74) is -1.19. The minimum atomic E-state index is -4.60. The van der Waals surface area contributed by atoms with Crippen molar-refractivity contribution in [3.63, 3.8) is 0 Å². The van der Waals surface area contributed by atoms with Crippen LogP contribution >= 0.6 is 11.6 Å². The molecule has 1 aromatic carbocycles. The smallest absolute Gasteiger partial charge is 0.416 e. The Morgan fingerprint density at radius 1 is 1.08 bits per heavy atom. The van der Waals surface area contributed by atoms with E-state index in [4.69, 9.17) is 26.1 Å². The van der Waals surface area contributed by atoms with E-state index in [0.717, 1.165) is 31.0 Å². The van der Waals surface area contributed by atoms with Crippen LogP contribution in [0.25, 0.3) is 5.78 Å². The number of hydrogen-bond acceptors (Lipinski definition) is 9. The van der Waals surface area contributed by atoms with Crippen LogP contribution in [0, 0.1) is 0 Å². The third-order valence-electron chi connectivity index (χ3n) is 8.65. The molecule has 4 heterocycles. The number of carbonyl (C=O) groups excluding carboxylic acids is 2. The number of anilines is 3. The summed E-state index contributed by atoms with van der Waals surface area (Å²) < 4.78 is 53.5. The Morgan fingerprint density at radius 3 is 2.35 bits per heavy atom. The van der Waals surface area contributed by atoms with Gasteiger partial charge in [-0.15, -0.1) is 5.10 Å². The van der Waals surface area contributed by atoms with Crippen molar-refractivity contribution in [3.05, 3.63) is 44.8 Å². The lowest BCUT2D eigenvalue weighted by molar-refractivity contribution is -0.137. The zero-order valence-corrected chi connectivity index (χ0v) is 29.2. The summed E-state index contributed by atoms with van der Waals surface area (Å²) in [7, 11) is 1.67. The first kappa shape index (κ1) is 36.2. The van der Waals surface area contributed by atoms with Gasteiger partial charge in [-0.1, -0.05) is 18.5 Å². The molecule has 1 atom stereocenters. The first-order chi connectivity index (χ1) is 23.0. The Hall–Kier alpha value is -4.05.